The number of anilines is 1. The summed E-state index contributed by atoms with van der Waals surface area (Å²) >= 11 is 0. The Labute approximate surface area is 149 Å². The van der Waals surface area contributed by atoms with E-state index in [9.17, 15) is 14.0 Å². The molecule has 0 bridgehead atoms. The molecule has 2 saturated heterocycles. The summed E-state index contributed by atoms with van der Waals surface area (Å²) in [7, 11) is 0. The van der Waals surface area contributed by atoms with Crippen LogP contribution in [-0.2, 0) is 9.53 Å². The quantitative estimate of drug-likeness (QED) is 0.817. The smallest absolute Gasteiger partial charge is 0.275 e. The van der Waals surface area contributed by atoms with Crippen molar-refractivity contribution in [3.8, 4) is 0 Å². The van der Waals surface area contributed by atoms with E-state index < -0.39 is 5.60 Å². The largest absolute Gasteiger partial charge is 0.448 e. The second-order valence-corrected chi connectivity index (χ2v) is 6.66. The first-order valence-corrected chi connectivity index (χ1v) is 8.37. The van der Waals surface area contributed by atoms with Crippen molar-refractivity contribution in [1.82, 2.24) is 9.88 Å². The fraction of sp³-hybridized carbons (Fsp3) is 0.389. The lowest BCUT2D eigenvalue weighted by Gasteiger charge is -2.40. The third kappa shape index (κ3) is 2.96. The summed E-state index contributed by atoms with van der Waals surface area (Å²) in [4.78, 5) is 32.2. The third-order valence-corrected chi connectivity index (χ3v) is 4.83. The lowest BCUT2D eigenvalue weighted by molar-refractivity contribution is -0.137. The van der Waals surface area contributed by atoms with Gasteiger partial charge in [-0.15, -0.1) is 0 Å². The highest BCUT2D eigenvalue weighted by Crippen LogP contribution is 2.32. The van der Waals surface area contributed by atoms with E-state index in [1.165, 1.54) is 18.4 Å². The summed E-state index contributed by atoms with van der Waals surface area (Å²) in [5, 5.41) is 0. The summed E-state index contributed by atoms with van der Waals surface area (Å²) < 4.78 is 24.1. The highest BCUT2D eigenvalue weighted by Gasteiger charge is 2.47. The SMILES string of the molecule is Cc1nc(C(=O)N2CCC3(C2)CN(c2ccc(F)cc2)C(=O)CO3)co1. The Bertz CT molecular complexity index is 850. The van der Waals surface area contributed by atoms with Gasteiger partial charge in [0.15, 0.2) is 11.6 Å². The molecule has 1 unspecified atom stereocenters. The molecule has 1 aromatic heterocycles. The summed E-state index contributed by atoms with van der Waals surface area (Å²) in [6.07, 6.45) is 1.96. The zero-order valence-corrected chi connectivity index (χ0v) is 14.3. The number of aromatic nitrogens is 1. The van der Waals surface area contributed by atoms with Gasteiger partial charge in [0.05, 0.1) is 13.1 Å². The Morgan fingerprint density at radius 1 is 1.27 bits per heavy atom. The predicted octanol–water partition coefficient (Wildman–Crippen LogP) is 1.77. The van der Waals surface area contributed by atoms with Gasteiger partial charge in [-0.05, 0) is 30.7 Å². The molecule has 2 aliphatic rings. The number of amides is 2. The molecular formula is C18H18FN3O4. The van der Waals surface area contributed by atoms with Crippen LogP contribution in [0.1, 0.15) is 22.8 Å². The van der Waals surface area contributed by atoms with Crippen molar-refractivity contribution in [2.75, 3.05) is 31.1 Å². The number of hydrogen-bond acceptors (Lipinski definition) is 5. The monoisotopic (exact) mass is 359 g/mol. The standard InChI is InChI=1S/C18H18FN3O4/c1-12-20-15(8-25-12)17(24)21-7-6-18(10-21)11-22(16(23)9-26-18)14-4-2-13(19)3-5-14/h2-5,8H,6-7,9-11H2,1H3. The van der Waals surface area contributed by atoms with Gasteiger partial charge in [0.1, 0.15) is 24.3 Å². The second-order valence-electron chi connectivity index (χ2n) is 6.66. The van der Waals surface area contributed by atoms with Gasteiger partial charge in [-0.3, -0.25) is 9.59 Å². The first-order chi connectivity index (χ1) is 12.5. The second kappa shape index (κ2) is 6.21. The molecule has 0 N–H and O–H groups in total. The molecule has 2 amide bonds. The molecule has 0 radical (unpaired) electrons. The Hall–Kier alpha value is -2.74. The average molecular weight is 359 g/mol. The molecule has 1 aromatic carbocycles. The maximum atomic E-state index is 13.2. The number of carbonyl (C=O) groups is 2. The number of halogens is 1. The van der Waals surface area contributed by atoms with Crippen molar-refractivity contribution in [3.63, 3.8) is 0 Å². The highest BCUT2D eigenvalue weighted by atomic mass is 19.1. The van der Waals surface area contributed by atoms with Crippen LogP contribution in [-0.4, -0.2) is 53.5 Å². The molecule has 4 rings (SSSR count). The number of aryl methyl sites for hydroxylation is 1. The van der Waals surface area contributed by atoms with Gasteiger partial charge in [-0.25, -0.2) is 9.37 Å². The van der Waals surface area contributed by atoms with Crippen molar-refractivity contribution < 1.29 is 23.1 Å². The minimum absolute atomic E-state index is 0.0670. The topological polar surface area (TPSA) is 75.9 Å². The van der Waals surface area contributed by atoms with Crippen molar-refractivity contribution >= 4 is 17.5 Å². The number of likely N-dealkylation sites (tertiary alicyclic amines) is 1. The molecule has 0 aliphatic carbocycles. The van der Waals surface area contributed by atoms with Gasteiger partial charge >= 0.3 is 0 Å². The van der Waals surface area contributed by atoms with Crippen molar-refractivity contribution in [3.05, 3.63) is 47.9 Å². The molecule has 1 spiro atoms. The maximum Gasteiger partial charge on any atom is 0.275 e. The van der Waals surface area contributed by atoms with E-state index in [0.717, 1.165) is 0 Å². The number of nitrogens with zero attached hydrogens (tertiary/aromatic N) is 3. The normalized spacial score (nSPS) is 23.1. The molecule has 0 saturated carbocycles. The zero-order valence-electron chi connectivity index (χ0n) is 14.3. The van der Waals surface area contributed by atoms with Gasteiger partial charge in [0, 0.05) is 19.2 Å². The van der Waals surface area contributed by atoms with Crippen LogP contribution in [0.4, 0.5) is 10.1 Å². The van der Waals surface area contributed by atoms with E-state index in [-0.39, 0.29) is 29.9 Å². The average Bonchev–Trinajstić information content (AvgIpc) is 3.25. The molecule has 7 nitrogen and oxygen atoms in total. The Morgan fingerprint density at radius 2 is 2.04 bits per heavy atom. The van der Waals surface area contributed by atoms with Gasteiger partial charge < -0.3 is 19.0 Å². The van der Waals surface area contributed by atoms with Gasteiger partial charge in [0.2, 0.25) is 0 Å². The minimum Gasteiger partial charge on any atom is -0.448 e. The maximum absolute atomic E-state index is 13.2. The van der Waals surface area contributed by atoms with Crippen LogP contribution < -0.4 is 4.90 Å². The number of benzene rings is 1. The van der Waals surface area contributed by atoms with Gasteiger partial charge in [0.25, 0.3) is 11.8 Å². The van der Waals surface area contributed by atoms with E-state index in [1.807, 2.05) is 0 Å². The lowest BCUT2D eigenvalue weighted by atomic mass is 10.00. The number of rotatable bonds is 2. The number of morpholine rings is 1. The minimum atomic E-state index is -0.628. The highest BCUT2D eigenvalue weighted by molar-refractivity contribution is 5.95. The number of ether oxygens (including phenoxy) is 1. The Morgan fingerprint density at radius 3 is 2.73 bits per heavy atom. The summed E-state index contributed by atoms with van der Waals surface area (Å²) in [5.74, 6) is -0.319. The number of oxazole rings is 1. The first-order valence-electron chi connectivity index (χ1n) is 8.37. The molecule has 2 aliphatic heterocycles. The van der Waals surface area contributed by atoms with Crippen molar-refractivity contribution in [1.29, 1.82) is 0 Å². The van der Waals surface area contributed by atoms with Crippen LogP contribution in [0.3, 0.4) is 0 Å². The fourth-order valence-corrected chi connectivity index (χ4v) is 3.46. The number of hydrogen-bond donors (Lipinski definition) is 0. The van der Waals surface area contributed by atoms with Crippen LogP contribution in [0.2, 0.25) is 0 Å². The van der Waals surface area contributed by atoms with Crippen LogP contribution in [0.5, 0.6) is 0 Å². The first kappa shape index (κ1) is 16.7. The summed E-state index contributed by atoms with van der Waals surface area (Å²) in [6, 6.07) is 5.79. The number of carbonyl (C=O) groups excluding carboxylic acids is 2. The molecule has 3 heterocycles. The lowest BCUT2D eigenvalue weighted by Crippen LogP contribution is -2.56. The Kier molecular flexibility index (Phi) is 3.99. The molecular weight excluding hydrogens is 341 g/mol. The van der Waals surface area contributed by atoms with Crippen LogP contribution in [0, 0.1) is 12.7 Å². The van der Waals surface area contributed by atoms with E-state index in [4.69, 9.17) is 9.15 Å². The molecule has 26 heavy (non-hydrogen) atoms. The predicted molar refractivity (Wildman–Crippen MR) is 89.2 cm³/mol. The van der Waals surface area contributed by atoms with Crippen molar-refractivity contribution in [2.45, 2.75) is 18.9 Å². The summed E-state index contributed by atoms with van der Waals surface area (Å²) in [6.45, 7) is 2.80. The molecule has 136 valence electrons. The third-order valence-electron chi connectivity index (χ3n) is 4.83. The molecule has 2 aromatic rings. The van der Waals surface area contributed by atoms with Gasteiger partial charge in [-0.2, -0.15) is 0 Å². The summed E-state index contributed by atoms with van der Waals surface area (Å²) in [5.41, 5.74) is 0.259. The van der Waals surface area contributed by atoms with E-state index >= 15 is 0 Å². The van der Waals surface area contributed by atoms with Gasteiger partial charge in [-0.1, -0.05) is 0 Å². The van der Waals surface area contributed by atoms with E-state index in [0.29, 0.717) is 37.6 Å². The van der Waals surface area contributed by atoms with E-state index in [1.54, 1.807) is 28.9 Å². The fourth-order valence-electron chi connectivity index (χ4n) is 3.46. The van der Waals surface area contributed by atoms with E-state index in [2.05, 4.69) is 4.98 Å². The molecule has 2 fully saturated rings. The van der Waals surface area contributed by atoms with Crippen LogP contribution >= 0.6 is 0 Å². The molecule has 1 atom stereocenters. The molecule has 8 heteroatoms. The van der Waals surface area contributed by atoms with Crippen LogP contribution in [0.25, 0.3) is 0 Å². The zero-order chi connectivity index (χ0) is 18.3. The van der Waals surface area contributed by atoms with Crippen molar-refractivity contribution in [2.24, 2.45) is 0 Å². The van der Waals surface area contributed by atoms with Crippen LogP contribution in [0.15, 0.2) is 34.9 Å². The Balaban J connectivity index is 1.51.